The van der Waals surface area contributed by atoms with Crippen molar-refractivity contribution in [3.05, 3.63) is 81.5 Å². The Morgan fingerprint density at radius 3 is 2.72 bits per heavy atom. The van der Waals surface area contributed by atoms with Gasteiger partial charge in [-0.25, -0.2) is 9.18 Å². The van der Waals surface area contributed by atoms with E-state index in [4.69, 9.17) is 26.2 Å². The first-order valence-electron chi connectivity index (χ1n) is 14.8. The van der Waals surface area contributed by atoms with E-state index in [1.807, 2.05) is 47.5 Å². The second kappa shape index (κ2) is 12.0. The van der Waals surface area contributed by atoms with E-state index in [0.717, 1.165) is 75.4 Å². The van der Waals surface area contributed by atoms with Gasteiger partial charge in [-0.3, -0.25) is 4.68 Å². The summed E-state index contributed by atoms with van der Waals surface area (Å²) >= 11 is 6.91. The predicted molar refractivity (Wildman–Crippen MR) is 166 cm³/mol. The average molecular weight is 604 g/mol. The van der Waals surface area contributed by atoms with Crippen molar-refractivity contribution in [2.75, 3.05) is 13.2 Å². The number of carbonyl (C=O) groups excluding carboxylic acids is 1. The van der Waals surface area contributed by atoms with E-state index in [9.17, 15) is 14.3 Å². The minimum atomic E-state index is -0.398. The van der Waals surface area contributed by atoms with Crippen LogP contribution in [0.25, 0.3) is 32.8 Å². The van der Waals surface area contributed by atoms with Gasteiger partial charge in [0.25, 0.3) is 0 Å². The van der Waals surface area contributed by atoms with Gasteiger partial charge >= 0.3 is 5.97 Å². The Hall–Kier alpha value is -3.88. The van der Waals surface area contributed by atoms with Crippen LogP contribution in [0.3, 0.4) is 0 Å². The van der Waals surface area contributed by atoms with Crippen LogP contribution in [-0.2, 0) is 37.8 Å². The fraction of sp³-hybridized carbons (Fsp3) is 0.353. The zero-order valence-electron chi connectivity index (χ0n) is 24.7. The van der Waals surface area contributed by atoms with Crippen LogP contribution in [0.5, 0.6) is 5.75 Å². The number of halogens is 2. The molecule has 1 N–H and O–H groups in total. The Labute approximate surface area is 254 Å². The summed E-state index contributed by atoms with van der Waals surface area (Å²) in [6.45, 7) is 5.00. The Balaban J connectivity index is 1.39. The molecule has 2 aromatic heterocycles. The zero-order valence-corrected chi connectivity index (χ0v) is 25.4. The molecular weight excluding hydrogens is 569 g/mol. The normalized spacial score (nSPS) is 13.1. The topological polar surface area (TPSA) is 78.5 Å². The van der Waals surface area contributed by atoms with Gasteiger partial charge in [0.1, 0.15) is 17.3 Å². The summed E-state index contributed by atoms with van der Waals surface area (Å²) in [6, 6.07) is 12.4. The van der Waals surface area contributed by atoms with Crippen molar-refractivity contribution in [3.63, 3.8) is 0 Å². The lowest BCUT2D eigenvalue weighted by Gasteiger charge is -2.16. The van der Waals surface area contributed by atoms with Crippen LogP contribution in [0.15, 0.2) is 42.5 Å². The van der Waals surface area contributed by atoms with E-state index in [0.29, 0.717) is 41.6 Å². The quantitative estimate of drug-likeness (QED) is 0.141. The maximum atomic E-state index is 13.8. The Bertz CT molecular complexity index is 1850. The molecule has 0 saturated heterocycles. The van der Waals surface area contributed by atoms with E-state index >= 15 is 0 Å². The van der Waals surface area contributed by atoms with Crippen molar-refractivity contribution in [2.45, 2.75) is 59.1 Å². The average Bonchev–Trinajstić information content (AvgIpc) is 3.49. The Morgan fingerprint density at radius 1 is 1.12 bits per heavy atom. The number of ether oxygens (including phenoxy) is 2. The molecule has 0 saturated carbocycles. The first-order chi connectivity index (χ1) is 20.8. The molecule has 7 nitrogen and oxygen atoms in total. The number of nitrogens with zero attached hydrogens (tertiary/aromatic N) is 3. The van der Waals surface area contributed by atoms with Crippen molar-refractivity contribution in [2.24, 2.45) is 7.05 Å². The monoisotopic (exact) mass is 603 g/mol. The van der Waals surface area contributed by atoms with Crippen LogP contribution in [-0.4, -0.2) is 38.6 Å². The molecule has 43 heavy (non-hydrogen) atoms. The number of benzene rings is 3. The van der Waals surface area contributed by atoms with Gasteiger partial charge in [-0.05, 0) is 92.8 Å². The maximum Gasteiger partial charge on any atom is 0.355 e. The van der Waals surface area contributed by atoms with Crippen molar-refractivity contribution in [3.8, 4) is 16.9 Å². The third-order valence-electron chi connectivity index (χ3n) is 8.29. The molecule has 6 rings (SSSR count). The molecule has 224 valence electrons. The molecule has 0 bridgehead atoms. The molecule has 1 aliphatic heterocycles. The highest BCUT2D eigenvalue weighted by atomic mass is 35.5. The number of aliphatic hydroxyl groups excluding tert-OH is 1. The summed E-state index contributed by atoms with van der Waals surface area (Å²) in [5, 5.41) is 18.1. The first kappa shape index (κ1) is 29.2. The summed E-state index contributed by atoms with van der Waals surface area (Å²) in [5.74, 6) is 0.0224. The molecule has 0 fully saturated rings. The molecule has 3 aromatic carbocycles. The number of aliphatic hydroxyl groups is 1. The fourth-order valence-corrected chi connectivity index (χ4v) is 6.74. The van der Waals surface area contributed by atoms with Crippen molar-refractivity contribution >= 4 is 39.2 Å². The van der Waals surface area contributed by atoms with Crippen molar-refractivity contribution in [1.29, 1.82) is 0 Å². The largest absolute Gasteiger partial charge is 0.493 e. The smallest absolute Gasteiger partial charge is 0.355 e. The lowest BCUT2D eigenvalue weighted by atomic mass is 9.95. The van der Waals surface area contributed by atoms with Crippen LogP contribution in [0.4, 0.5) is 4.39 Å². The van der Waals surface area contributed by atoms with Gasteiger partial charge in [0.15, 0.2) is 0 Å². The highest BCUT2D eigenvalue weighted by molar-refractivity contribution is 6.35. The van der Waals surface area contributed by atoms with Gasteiger partial charge in [-0.1, -0.05) is 23.7 Å². The van der Waals surface area contributed by atoms with Crippen molar-refractivity contribution < 1.29 is 23.8 Å². The first-order valence-corrected chi connectivity index (χ1v) is 15.2. The second-order valence-corrected chi connectivity index (χ2v) is 11.5. The summed E-state index contributed by atoms with van der Waals surface area (Å²) in [5.41, 5.74) is 6.42. The number of hydrogen-bond donors (Lipinski definition) is 1. The summed E-state index contributed by atoms with van der Waals surface area (Å²) < 4.78 is 29.4. The minimum absolute atomic E-state index is 0.207. The van der Waals surface area contributed by atoms with E-state index in [-0.39, 0.29) is 19.0 Å². The fourth-order valence-electron chi connectivity index (χ4n) is 6.49. The van der Waals surface area contributed by atoms with Crippen molar-refractivity contribution in [1.82, 2.24) is 14.3 Å². The molecule has 0 radical (unpaired) electrons. The number of hydrogen-bond acceptors (Lipinski definition) is 5. The summed E-state index contributed by atoms with van der Waals surface area (Å²) in [6.07, 6.45) is 4.11. The number of aromatic nitrogens is 3. The highest BCUT2D eigenvalue weighted by Gasteiger charge is 2.29. The van der Waals surface area contributed by atoms with Crippen LogP contribution >= 0.6 is 11.6 Å². The van der Waals surface area contributed by atoms with E-state index in [1.54, 1.807) is 13.0 Å². The third-order valence-corrected chi connectivity index (χ3v) is 8.61. The number of rotatable bonds is 9. The third kappa shape index (κ3) is 5.27. The molecule has 5 aromatic rings. The van der Waals surface area contributed by atoms with Gasteiger partial charge in [0.2, 0.25) is 0 Å². The molecule has 3 heterocycles. The van der Waals surface area contributed by atoms with E-state index < -0.39 is 5.97 Å². The minimum Gasteiger partial charge on any atom is -0.493 e. The summed E-state index contributed by atoms with van der Waals surface area (Å²) in [7, 11) is 1.86. The maximum absolute atomic E-state index is 13.8. The number of esters is 1. The number of fused-ring (bicyclic) bond motifs is 3. The Morgan fingerprint density at radius 2 is 1.93 bits per heavy atom. The molecule has 0 aliphatic carbocycles. The van der Waals surface area contributed by atoms with E-state index in [2.05, 4.69) is 0 Å². The van der Waals surface area contributed by atoms with E-state index in [1.165, 1.54) is 12.1 Å². The predicted octanol–water partition coefficient (Wildman–Crippen LogP) is 7.31. The lowest BCUT2D eigenvalue weighted by molar-refractivity contribution is 0.0514. The van der Waals surface area contributed by atoms with Gasteiger partial charge in [0.05, 0.1) is 36.1 Å². The van der Waals surface area contributed by atoms with Gasteiger partial charge in [-0.2, -0.15) is 5.10 Å². The zero-order chi connectivity index (χ0) is 30.2. The second-order valence-electron chi connectivity index (χ2n) is 11.1. The molecule has 0 atom stereocenters. The van der Waals surface area contributed by atoms with Crippen LogP contribution in [0.2, 0.25) is 5.02 Å². The Kier molecular flexibility index (Phi) is 8.16. The highest BCUT2D eigenvalue weighted by Crippen LogP contribution is 2.43. The molecule has 0 spiro atoms. The number of carbonyl (C=O) groups is 1. The van der Waals surface area contributed by atoms with Gasteiger partial charge in [0, 0.05) is 41.2 Å². The molecular formula is C34H35ClFN3O4. The van der Waals surface area contributed by atoms with Crippen LogP contribution < -0.4 is 4.74 Å². The molecule has 1 aliphatic rings. The number of aryl methyl sites for hydroxylation is 4. The van der Waals surface area contributed by atoms with Gasteiger partial charge < -0.3 is 19.1 Å². The van der Waals surface area contributed by atoms with Crippen LogP contribution in [0.1, 0.15) is 59.2 Å². The van der Waals surface area contributed by atoms with Crippen LogP contribution in [0, 0.1) is 12.7 Å². The molecule has 9 heteroatoms. The molecule has 0 unspecified atom stereocenters. The molecule has 0 amide bonds. The summed E-state index contributed by atoms with van der Waals surface area (Å²) in [4.78, 5) is 13.4. The lowest BCUT2D eigenvalue weighted by Crippen LogP contribution is -2.13. The standard InChI is InChI=1S/C34H35ClFN3O4/c1-4-42-34(41)33-24(8-7-15-43-29-17-20(2)16-21-18-22(36)10-11-23(21)29)25-12-13-26(35)30(32(25)38(33)3)31-27(19-40)37-39-14-6-5-9-28(31)39/h10-13,16-18,40H,4-9,14-15,19H2,1-3H3. The van der Waals surface area contributed by atoms with Gasteiger partial charge in [-0.15, -0.1) is 0 Å². The SMILES string of the molecule is CCOC(=O)c1c(CCCOc2cc(C)cc3cc(F)ccc23)c2ccc(Cl)c(-c3c(CO)nn4c3CCCC4)c2n1C.